The highest BCUT2D eigenvalue weighted by molar-refractivity contribution is 5.62. The van der Waals surface area contributed by atoms with Crippen LogP contribution in [0.2, 0.25) is 0 Å². The first-order chi connectivity index (χ1) is 10.7. The van der Waals surface area contributed by atoms with E-state index >= 15 is 0 Å². The molecule has 0 unspecified atom stereocenters. The number of hydrogen-bond acceptors (Lipinski definition) is 6. The maximum Gasteiger partial charge on any atom is 0.135 e. The molecule has 6 heteroatoms. The van der Waals surface area contributed by atoms with E-state index in [-0.39, 0.29) is 0 Å². The molecule has 0 amide bonds. The molecule has 0 aliphatic heterocycles. The van der Waals surface area contributed by atoms with Crippen molar-refractivity contribution in [2.75, 3.05) is 49.9 Å². The van der Waals surface area contributed by atoms with E-state index in [1.165, 1.54) is 0 Å². The Labute approximate surface area is 131 Å². The summed E-state index contributed by atoms with van der Waals surface area (Å²) in [5, 5.41) is 6.53. The van der Waals surface area contributed by atoms with Gasteiger partial charge in [0.15, 0.2) is 0 Å². The second kappa shape index (κ2) is 8.19. The fourth-order valence-corrected chi connectivity index (χ4v) is 1.95. The van der Waals surface area contributed by atoms with Gasteiger partial charge in [0.05, 0.1) is 0 Å². The van der Waals surface area contributed by atoms with Gasteiger partial charge in [-0.3, -0.25) is 0 Å². The normalized spacial score (nSPS) is 10.3. The van der Waals surface area contributed by atoms with Gasteiger partial charge >= 0.3 is 0 Å². The van der Waals surface area contributed by atoms with Gasteiger partial charge in [0.25, 0.3) is 0 Å². The quantitative estimate of drug-likeness (QED) is 0.731. The Balaban J connectivity index is 1.94. The van der Waals surface area contributed by atoms with Crippen molar-refractivity contribution in [3.8, 4) is 0 Å². The van der Waals surface area contributed by atoms with Crippen LogP contribution in [-0.4, -0.2) is 44.3 Å². The van der Waals surface area contributed by atoms with Crippen LogP contribution in [0.1, 0.15) is 6.42 Å². The second-order valence-electron chi connectivity index (χ2n) is 5.13. The van der Waals surface area contributed by atoms with Crippen LogP contribution in [0.5, 0.6) is 0 Å². The van der Waals surface area contributed by atoms with Gasteiger partial charge in [-0.25, -0.2) is 9.97 Å². The molecule has 0 aliphatic rings. The summed E-state index contributed by atoms with van der Waals surface area (Å²) in [6, 6.07) is 10.1. The van der Waals surface area contributed by atoms with Crippen molar-refractivity contribution in [1.82, 2.24) is 9.97 Å². The minimum Gasteiger partial charge on any atom is -0.385 e. The lowest BCUT2D eigenvalue weighted by atomic mass is 10.2. The minimum atomic E-state index is 0.738. The zero-order valence-electron chi connectivity index (χ0n) is 13.3. The molecule has 22 heavy (non-hydrogen) atoms. The average molecular weight is 301 g/mol. The summed E-state index contributed by atoms with van der Waals surface area (Å²) in [6.45, 7) is 1.56. The first kappa shape index (κ1) is 16.0. The molecular weight excluding hydrogens is 278 g/mol. The van der Waals surface area contributed by atoms with Crippen molar-refractivity contribution in [2.45, 2.75) is 6.42 Å². The zero-order valence-corrected chi connectivity index (χ0v) is 13.3. The fourth-order valence-electron chi connectivity index (χ4n) is 1.95. The van der Waals surface area contributed by atoms with Crippen molar-refractivity contribution < 1.29 is 4.74 Å². The van der Waals surface area contributed by atoms with Gasteiger partial charge in [-0.05, 0) is 30.7 Å². The molecule has 1 heterocycles. The molecule has 6 nitrogen and oxygen atoms in total. The minimum absolute atomic E-state index is 0.738. The molecule has 2 rings (SSSR count). The Kier molecular flexibility index (Phi) is 5.97. The molecule has 0 radical (unpaired) electrons. The van der Waals surface area contributed by atoms with Crippen LogP contribution in [0.3, 0.4) is 0 Å². The topological polar surface area (TPSA) is 62.3 Å². The van der Waals surface area contributed by atoms with Crippen LogP contribution in [-0.2, 0) is 4.74 Å². The first-order valence-corrected chi connectivity index (χ1v) is 7.28. The third-order valence-electron chi connectivity index (χ3n) is 3.15. The molecule has 1 aromatic carbocycles. The van der Waals surface area contributed by atoms with Gasteiger partial charge in [0.2, 0.25) is 0 Å². The van der Waals surface area contributed by atoms with E-state index in [1.807, 2.05) is 32.3 Å². The summed E-state index contributed by atoms with van der Waals surface area (Å²) in [7, 11) is 5.75. The highest BCUT2D eigenvalue weighted by atomic mass is 16.5. The fraction of sp³-hybridized carbons (Fsp3) is 0.375. The number of nitrogens with one attached hydrogen (secondary N) is 2. The summed E-state index contributed by atoms with van der Waals surface area (Å²) in [6.07, 6.45) is 2.49. The molecule has 0 bridgehead atoms. The molecule has 118 valence electrons. The Hall–Kier alpha value is -2.34. The molecule has 0 spiro atoms. The van der Waals surface area contributed by atoms with Crippen LogP contribution in [0, 0.1) is 0 Å². The third-order valence-corrected chi connectivity index (χ3v) is 3.15. The Morgan fingerprint density at radius 3 is 2.50 bits per heavy atom. The highest BCUT2D eigenvalue weighted by Crippen LogP contribution is 2.19. The number of rotatable bonds is 8. The molecule has 2 N–H and O–H groups in total. The van der Waals surface area contributed by atoms with Crippen LogP contribution < -0.4 is 15.5 Å². The number of aromatic nitrogens is 2. The number of hydrogen-bond donors (Lipinski definition) is 2. The van der Waals surface area contributed by atoms with E-state index in [2.05, 4.69) is 37.6 Å². The van der Waals surface area contributed by atoms with E-state index in [1.54, 1.807) is 13.4 Å². The summed E-state index contributed by atoms with van der Waals surface area (Å²) >= 11 is 0. The predicted octanol–water partition coefficient (Wildman–Crippen LogP) is 2.73. The van der Waals surface area contributed by atoms with Gasteiger partial charge < -0.3 is 20.3 Å². The lowest BCUT2D eigenvalue weighted by molar-refractivity contribution is 0.198. The Bertz CT molecular complexity index is 571. The monoisotopic (exact) mass is 301 g/mol. The molecule has 0 saturated carbocycles. The number of ether oxygens (including phenoxy) is 1. The number of nitrogens with zero attached hydrogens (tertiary/aromatic N) is 3. The van der Waals surface area contributed by atoms with Crippen molar-refractivity contribution in [1.29, 1.82) is 0 Å². The smallest absolute Gasteiger partial charge is 0.135 e. The van der Waals surface area contributed by atoms with Gasteiger partial charge in [-0.15, -0.1) is 0 Å². The number of benzene rings is 1. The van der Waals surface area contributed by atoms with Gasteiger partial charge in [0, 0.05) is 51.8 Å². The van der Waals surface area contributed by atoms with E-state index < -0.39 is 0 Å². The maximum absolute atomic E-state index is 5.02. The summed E-state index contributed by atoms with van der Waals surface area (Å²) in [5.74, 6) is 1.57. The number of anilines is 4. The first-order valence-electron chi connectivity index (χ1n) is 7.28. The van der Waals surface area contributed by atoms with Crippen molar-refractivity contribution >= 4 is 23.0 Å². The Morgan fingerprint density at radius 2 is 1.82 bits per heavy atom. The summed E-state index contributed by atoms with van der Waals surface area (Å²) in [5.41, 5.74) is 2.16. The van der Waals surface area contributed by atoms with Gasteiger partial charge in [-0.2, -0.15) is 0 Å². The molecular formula is C16H23N5O. The molecule has 0 atom stereocenters. The van der Waals surface area contributed by atoms with Crippen LogP contribution in [0.15, 0.2) is 36.7 Å². The molecule has 0 aliphatic carbocycles. The maximum atomic E-state index is 5.02. The second-order valence-corrected chi connectivity index (χ2v) is 5.13. The van der Waals surface area contributed by atoms with Crippen LogP contribution >= 0.6 is 0 Å². The van der Waals surface area contributed by atoms with E-state index in [0.29, 0.717) is 0 Å². The van der Waals surface area contributed by atoms with Gasteiger partial charge in [-0.1, -0.05) is 0 Å². The lowest BCUT2D eigenvalue weighted by Gasteiger charge is -2.13. The molecule has 0 saturated heterocycles. The lowest BCUT2D eigenvalue weighted by Crippen LogP contribution is -2.08. The van der Waals surface area contributed by atoms with Crippen LogP contribution in [0.4, 0.5) is 23.0 Å². The van der Waals surface area contributed by atoms with Crippen LogP contribution in [0.25, 0.3) is 0 Å². The Morgan fingerprint density at radius 1 is 1.09 bits per heavy atom. The molecule has 2 aromatic rings. The molecule has 0 fully saturated rings. The van der Waals surface area contributed by atoms with Crippen molar-refractivity contribution in [3.63, 3.8) is 0 Å². The molecule has 1 aromatic heterocycles. The third kappa shape index (κ3) is 4.89. The SMILES string of the molecule is COCCCNc1cc(Nc2ccc(N(C)C)cc2)ncn1. The number of methoxy groups -OCH3 is 1. The largest absolute Gasteiger partial charge is 0.385 e. The van der Waals surface area contributed by atoms with Crippen molar-refractivity contribution in [2.24, 2.45) is 0 Å². The van der Waals surface area contributed by atoms with Crippen molar-refractivity contribution in [3.05, 3.63) is 36.7 Å². The van der Waals surface area contributed by atoms with E-state index in [0.717, 1.165) is 42.6 Å². The highest BCUT2D eigenvalue weighted by Gasteiger charge is 2.00. The average Bonchev–Trinajstić information content (AvgIpc) is 2.52. The van der Waals surface area contributed by atoms with E-state index in [9.17, 15) is 0 Å². The summed E-state index contributed by atoms with van der Waals surface area (Å²) in [4.78, 5) is 10.5. The van der Waals surface area contributed by atoms with Gasteiger partial charge in [0.1, 0.15) is 18.0 Å². The zero-order chi connectivity index (χ0) is 15.8. The predicted molar refractivity (Wildman–Crippen MR) is 91.1 cm³/mol. The standard InChI is InChI=1S/C16H23N5O/c1-21(2)14-7-5-13(6-8-14)20-16-11-15(18-12-19-16)17-9-4-10-22-3/h5-8,11-12H,4,9-10H2,1-3H3,(H2,17,18,19,20). The summed E-state index contributed by atoms with van der Waals surface area (Å²) < 4.78 is 5.02. The van der Waals surface area contributed by atoms with E-state index in [4.69, 9.17) is 4.74 Å².